The zero-order chi connectivity index (χ0) is 24.9. The summed E-state index contributed by atoms with van der Waals surface area (Å²) in [7, 11) is 1.77. The first-order valence-corrected chi connectivity index (χ1v) is 11.9. The first-order chi connectivity index (χ1) is 16.6. The largest absolute Gasteiger partial charge is 0.444 e. The van der Waals surface area contributed by atoms with Crippen LogP contribution in [0.15, 0.2) is 24.5 Å². The Morgan fingerprint density at radius 3 is 2.69 bits per heavy atom. The number of aromatic amines is 1. The van der Waals surface area contributed by atoms with Gasteiger partial charge in [-0.15, -0.1) is 0 Å². The average molecular weight is 485 g/mol. The van der Waals surface area contributed by atoms with Crippen molar-refractivity contribution < 1.29 is 18.3 Å². The lowest BCUT2D eigenvalue weighted by molar-refractivity contribution is 0.0224. The molecule has 0 unspecified atom stereocenters. The summed E-state index contributed by atoms with van der Waals surface area (Å²) in [6.07, 6.45) is 2.66. The summed E-state index contributed by atoms with van der Waals surface area (Å²) >= 11 is 0. The summed E-state index contributed by atoms with van der Waals surface area (Å²) in [5.74, 6) is 0.684. The quantitative estimate of drug-likeness (QED) is 0.558. The highest BCUT2D eigenvalue weighted by atomic mass is 19.3. The molecule has 0 spiro atoms. The third-order valence-corrected chi connectivity index (χ3v) is 6.44. The summed E-state index contributed by atoms with van der Waals surface area (Å²) in [5, 5.41) is 11.8. The van der Waals surface area contributed by atoms with E-state index in [-0.39, 0.29) is 11.7 Å². The summed E-state index contributed by atoms with van der Waals surface area (Å²) in [6, 6.07) is 3.46. The predicted molar refractivity (Wildman–Crippen MR) is 128 cm³/mol. The first-order valence-electron chi connectivity index (χ1n) is 11.9. The SMILES string of the molecule is Cn1cc(-c2cc3c(cc2C(F)F)N(c2n[nH]c4c2CN(C(=O)OC(C)(C)C)CC4)CCC3)cn1. The number of alkyl halides is 2. The van der Waals surface area contributed by atoms with E-state index in [2.05, 4.69) is 15.3 Å². The second kappa shape index (κ2) is 8.66. The van der Waals surface area contributed by atoms with Crippen LogP contribution in [-0.2, 0) is 31.2 Å². The van der Waals surface area contributed by atoms with Crippen molar-refractivity contribution in [2.75, 3.05) is 18.0 Å². The minimum absolute atomic E-state index is 0.0246. The Hall–Kier alpha value is -3.43. The molecule has 1 aromatic carbocycles. The van der Waals surface area contributed by atoms with Gasteiger partial charge in [0.05, 0.1) is 12.7 Å². The minimum Gasteiger partial charge on any atom is -0.444 e. The van der Waals surface area contributed by atoms with Gasteiger partial charge in [-0.3, -0.25) is 9.78 Å². The third kappa shape index (κ3) is 4.49. The first kappa shape index (κ1) is 23.3. The van der Waals surface area contributed by atoms with E-state index in [4.69, 9.17) is 4.74 Å². The van der Waals surface area contributed by atoms with Gasteiger partial charge in [-0.05, 0) is 56.9 Å². The minimum atomic E-state index is -2.63. The Morgan fingerprint density at radius 1 is 1.20 bits per heavy atom. The van der Waals surface area contributed by atoms with E-state index < -0.39 is 12.0 Å². The smallest absolute Gasteiger partial charge is 0.410 e. The highest BCUT2D eigenvalue weighted by molar-refractivity contribution is 5.77. The van der Waals surface area contributed by atoms with Crippen molar-refractivity contribution in [2.45, 2.75) is 58.6 Å². The van der Waals surface area contributed by atoms with Crippen LogP contribution in [0.1, 0.15) is 56.0 Å². The highest BCUT2D eigenvalue weighted by Gasteiger charge is 2.32. The van der Waals surface area contributed by atoms with Crippen LogP contribution in [-0.4, -0.2) is 49.7 Å². The maximum Gasteiger partial charge on any atom is 0.410 e. The molecule has 2 aromatic heterocycles. The van der Waals surface area contributed by atoms with Crippen molar-refractivity contribution in [1.82, 2.24) is 24.9 Å². The Labute approximate surface area is 202 Å². The Morgan fingerprint density at radius 2 is 2.00 bits per heavy atom. The average Bonchev–Trinajstić information content (AvgIpc) is 3.42. The maximum atomic E-state index is 14.2. The molecular formula is C25H30F2N6O2. The summed E-state index contributed by atoms with van der Waals surface area (Å²) in [5.41, 5.74) is 4.18. The van der Waals surface area contributed by atoms with Gasteiger partial charge >= 0.3 is 6.09 Å². The molecule has 0 saturated heterocycles. The zero-order valence-electron chi connectivity index (χ0n) is 20.4. The van der Waals surface area contributed by atoms with Crippen LogP contribution < -0.4 is 4.90 Å². The van der Waals surface area contributed by atoms with Crippen LogP contribution in [0.4, 0.5) is 25.1 Å². The number of aryl methyl sites for hydroxylation is 2. The van der Waals surface area contributed by atoms with Crippen LogP contribution in [0.5, 0.6) is 0 Å². The molecule has 0 bridgehead atoms. The van der Waals surface area contributed by atoms with Gasteiger partial charge in [0.25, 0.3) is 6.43 Å². The number of carbonyl (C=O) groups excluding carboxylic acids is 1. The Kier molecular flexibility index (Phi) is 5.77. The molecule has 0 radical (unpaired) electrons. The van der Waals surface area contributed by atoms with Gasteiger partial charge in [0.1, 0.15) is 5.60 Å². The lowest BCUT2D eigenvalue weighted by Crippen LogP contribution is -2.40. The normalized spacial score (nSPS) is 15.9. The summed E-state index contributed by atoms with van der Waals surface area (Å²) in [6.45, 7) is 7.07. The van der Waals surface area contributed by atoms with Gasteiger partial charge in [-0.1, -0.05) is 0 Å². The number of fused-ring (bicyclic) bond motifs is 2. The molecule has 0 aliphatic carbocycles. The number of aromatic nitrogens is 4. The molecule has 186 valence electrons. The number of benzene rings is 1. The fourth-order valence-electron chi connectivity index (χ4n) is 4.85. The van der Waals surface area contributed by atoms with Crippen molar-refractivity contribution >= 4 is 17.6 Å². The number of rotatable bonds is 3. The molecule has 35 heavy (non-hydrogen) atoms. The van der Waals surface area contributed by atoms with Gasteiger partial charge in [-0.2, -0.15) is 10.2 Å². The topological polar surface area (TPSA) is 79.3 Å². The molecular weight excluding hydrogens is 454 g/mol. The Balaban J connectivity index is 1.51. The molecule has 4 heterocycles. The van der Waals surface area contributed by atoms with E-state index in [0.29, 0.717) is 43.0 Å². The van der Waals surface area contributed by atoms with E-state index >= 15 is 0 Å². The number of amides is 1. The number of hydrogen-bond donors (Lipinski definition) is 1. The lowest BCUT2D eigenvalue weighted by atomic mass is 9.93. The van der Waals surface area contributed by atoms with Gasteiger partial charge in [0, 0.05) is 60.8 Å². The molecule has 10 heteroatoms. The zero-order valence-corrected chi connectivity index (χ0v) is 20.4. The van der Waals surface area contributed by atoms with E-state index in [1.54, 1.807) is 35.1 Å². The number of carbonyl (C=O) groups is 1. The third-order valence-electron chi connectivity index (χ3n) is 6.44. The number of halogens is 2. The van der Waals surface area contributed by atoms with Crippen molar-refractivity contribution in [2.24, 2.45) is 7.05 Å². The van der Waals surface area contributed by atoms with E-state index in [9.17, 15) is 13.6 Å². The molecule has 8 nitrogen and oxygen atoms in total. The number of nitrogens with one attached hydrogen (secondary N) is 1. The van der Waals surface area contributed by atoms with Crippen LogP contribution in [0.25, 0.3) is 11.1 Å². The van der Waals surface area contributed by atoms with Gasteiger partial charge in [0.2, 0.25) is 0 Å². The molecule has 1 N–H and O–H groups in total. The second-order valence-electron chi connectivity index (χ2n) is 10.2. The number of anilines is 2. The molecule has 2 aliphatic rings. The molecule has 2 aliphatic heterocycles. The molecule has 1 amide bonds. The van der Waals surface area contributed by atoms with E-state index in [1.165, 1.54) is 0 Å². The van der Waals surface area contributed by atoms with Gasteiger partial charge < -0.3 is 14.5 Å². The van der Waals surface area contributed by atoms with Crippen molar-refractivity contribution in [3.63, 3.8) is 0 Å². The summed E-state index contributed by atoms with van der Waals surface area (Å²) in [4.78, 5) is 16.4. The number of nitrogens with zero attached hydrogens (tertiary/aromatic N) is 5. The number of ether oxygens (including phenoxy) is 1. The molecule has 0 fully saturated rings. The summed E-state index contributed by atoms with van der Waals surface area (Å²) < 4.78 is 35.5. The van der Waals surface area contributed by atoms with Gasteiger partial charge in [-0.25, -0.2) is 13.6 Å². The monoisotopic (exact) mass is 484 g/mol. The fraction of sp³-hybridized carbons (Fsp3) is 0.480. The maximum absolute atomic E-state index is 14.2. The molecule has 0 saturated carbocycles. The predicted octanol–water partition coefficient (Wildman–Crippen LogP) is 5.13. The van der Waals surface area contributed by atoms with Crippen molar-refractivity contribution in [1.29, 1.82) is 0 Å². The van der Waals surface area contributed by atoms with Crippen LogP contribution >= 0.6 is 0 Å². The van der Waals surface area contributed by atoms with Crippen LogP contribution in [0, 0.1) is 0 Å². The number of hydrogen-bond acceptors (Lipinski definition) is 5. The second-order valence-corrected chi connectivity index (χ2v) is 10.2. The van der Waals surface area contributed by atoms with Gasteiger partial charge in [0.15, 0.2) is 5.82 Å². The van der Waals surface area contributed by atoms with Crippen molar-refractivity contribution in [3.8, 4) is 11.1 Å². The molecule has 0 atom stereocenters. The Bertz CT molecular complexity index is 1260. The van der Waals surface area contributed by atoms with E-state index in [1.807, 2.05) is 31.7 Å². The fourth-order valence-corrected chi connectivity index (χ4v) is 4.85. The highest BCUT2D eigenvalue weighted by Crippen LogP contribution is 2.42. The lowest BCUT2D eigenvalue weighted by Gasteiger charge is -2.34. The van der Waals surface area contributed by atoms with Crippen LogP contribution in [0.2, 0.25) is 0 Å². The van der Waals surface area contributed by atoms with Crippen LogP contribution in [0.3, 0.4) is 0 Å². The molecule has 5 rings (SSSR count). The standard InChI is InChI=1S/C25H30F2N6O2/c1-25(2,3)35-24(34)32-9-7-20-19(14-32)23(30-29-20)33-8-5-6-15-10-17(16-12-28-31(4)13-16)18(22(26)27)11-21(15)33/h10-13,22H,5-9,14H2,1-4H3,(H,29,30). The number of H-pyrrole nitrogens is 1. The van der Waals surface area contributed by atoms with E-state index in [0.717, 1.165) is 35.3 Å². The van der Waals surface area contributed by atoms with Crippen molar-refractivity contribution in [3.05, 3.63) is 46.9 Å². The molecule has 3 aromatic rings.